The zero-order valence-electron chi connectivity index (χ0n) is 8.62. The van der Waals surface area contributed by atoms with E-state index in [2.05, 4.69) is 5.32 Å². The smallest absolute Gasteiger partial charge is 0.263 e. The first-order valence-electron chi connectivity index (χ1n) is 4.77. The predicted molar refractivity (Wildman–Crippen MR) is 59.8 cm³/mol. The number of carbonyl (C=O) groups is 1. The lowest BCUT2D eigenvalue weighted by atomic mass is 10.4. The Morgan fingerprint density at radius 1 is 1.64 bits per heavy atom. The Kier molecular flexibility index (Phi) is 4.62. The van der Waals surface area contributed by atoms with Gasteiger partial charge in [-0.3, -0.25) is 4.79 Å². The van der Waals surface area contributed by atoms with Crippen molar-refractivity contribution in [1.82, 2.24) is 10.2 Å². The SMILES string of the molecule is CCN(CCNC)C(=O)c1cccs1. The highest BCUT2D eigenvalue weighted by atomic mass is 32.1. The van der Waals surface area contributed by atoms with Gasteiger partial charge in [0.05, 0.1) is 4.88 Å². The van der Waals surface area contributed by atoms with Crippen LogP contribution in [-0.4, -0.2) is 37.5 Å². The topological polar surface area (TPSA) is 32.3 Å². The number of carbonyl (C=O) groups excluding carboxylic acids is 1. The standard InChI is InChI=1S/C10H16N2OS/c1-3-12(7-6-11-2)10(13)9-5-4-8-14-9/h4-5,8,11H,3,6-7H2,1-2H3. The maximum Gasteiger partial charge on any atom is 0.263 e. The predicted octanol–water partition coefficient (Wildman–Crippen LogP) is 1.43. The number of amides is 1. The zero-order chi connectivity index (χ0) is 10.4. The Balaban J connectivity index is 2.56. The van der Waals surface area contributed by atoms with Gasteiger partial charge in [-0.05, 0) is 25.4 Å². The molecule has 1 heterocycles. The zero-order valence-corrected chi connectivity index (χ0v) is 9.43. The molecule has 0 radical (unpaired) electrons. The van der Waals surface area contributed by atoms with Gasteiger partial charge in [0.1, 0.15) is 0 Å². The fourth-order valence-electron chi connectivity index (χ4n) is 1.21. The number of hydrogen-bond donors (Lipinski definition) is 1. The van der Waals surface area contributed by atoms with Crippen LogP contribution in [0.5, 0.6) is 0 Å². The summed E-state index contributed by atoms with van der Waals surface area (Å²) in [6.45, 7) is 4.37. The second-order valence-corrected chi connectivity index (χ2v) is 3.91. The Labute approximate surface area is 88.7 Å². The normalized spacial score (nSPS) is 10.1. The van der Waals surface area contributed by atoms with Gasteiger partial charge in [0, 0.05) is 19.6 Å². The molecule has 0 bridgehead atoms. The number of thiophene rings is 1. The second-order valence-electron chi connectivity index (χ2n) is 2.97. The minimum atomic E-state index is 0.137. The van der Waals surface area contributed by atoms with Gasteiger partial charge in [-0.25, -0.2) is 0 Å². The summed E-state index contributed by atoms with van der Waals surface area (Å²) in [5.74, 6) is 0.137. The van der Waals surface area contributed by atoms with Crippen molar-refractivity contribution in [2.75, 3.05) is 26.7 Å². The van der Waals surface area contributed by atoms with E-state index >= 15 is 0 Å². The molecule has 14 heavy (non-hydrogen) atoms. The van der Waals surface area contributed by atoms with Crippen LogP contribution >= 0.6 is 11.3 Å². The Morgan fingerprint density at radius 2 is 2.43 bits per heavy atom. The third-order valence-electron chi connectivity index (χ3n) is 2.03. The summed E-state index contributed by atoms with van der Waals surface area (Å²) >= 11 is 1.50. The molecular formula is C10H16N2OS. The number of nitrogens with one attached hydrogen (secondary N) is 1. The van der Waals surface area contributed by atoms with Crippen LogP contribution in [0.4, 0.5) is 0 Å². The summed E-state index contributed by atoms with van der Waals surface area (Å²) in [7, 11) is 1.89. The molecule has 0 fully saturated rings. The molecule has 1 aromatic heterocycles. The van der Waals surface area contributed by atoms with Gasteiger partial charge in [0.15, 0.2) is 0 Å². The largest absolute Gasteiger partial charge is 0.337 e. The van der Waals surface area contributed by atoms with Crippen LogP contribution in [-0.2, 0) is 0 Å². The van der Waals surface area contributed by atoms with Gasteiger partial charge >= 0.3 is 0 Å². The van der Waals surface area contributed by atoms with Crippen LogP contribution in [0.3, 0.4) is 0 Å². The maximum absolute atomic E-state index is 11.9. The molecule has 0 aliphatic heterocycles. The molecule has 78 valence electrons. The summed E-state index contributed by atoms with van der Waals surface area (Å²) in [6, 6.07) is 3.78. The van der Waals surface area contributed by atoms with E-state index < -0.39 is 0 Å². The molecule has 0 aliphatic carbocycles. The molecule has 1 rings (SSSR count). The van der Waals surface area contributed by atoms with E-state index in [1.54, 1.807) is 0 Å². The van der Waals surface area contributed by atoms with E-state index in [1.807, 2.05) is 36.4 Å². The van der Waals surface area contributed by atoms with E-state index in [9.17, 15) is 4.79 Å². The van der Waals surface area contributed by atoms with Crippen LogP contribution in [0, 0.1) is 0 Å². The van der Waals surface area contributed by atoms with Gasteiger partial charge in [-0.1, -0.05) is 6.07 Å². The molecule has 0 saturated heterocycles. The van der Waals surface area contributed by atoms with Gasteiger partial charge in [0.2, 0.25) is 0 Å². The van der Waals surface area contributed by atoms with E-state index in [4.69, 9.17) is 0 Å². The van der Waals surface area contributed by atoms with Gasteiger partial charge in [-0.2, -0.15) is 0 Å². The van der Waals surface area contributed by atoms with E-state index in [1.165, 1.54) is 11.3 Å². The van der Waals surface area contributed by atoms with Gasteiger partial charge in [0.25, 0.3) is 5.91 Å². The van der Waals surface area contributed by atoms with E-state index in [0.717, 1.165) is 24.5 Å². The Hall–Kier alpha value is -0.870. The molecule has 0 atom stereocenters. The lowest BCUT2D eigenvalue weighted by molar-refractivity contribution is 0.0771. The van der Waals surface area contributed by atoms with Crippen LogP contribution in [0.15, 0.2) is 17.5 Å². The van der Waals surface area contributed by atoms with Gasteiger partial charge in [-0.15, -0.1) is 11.3 Å². The first-order chi connectivity index (χ1) is 6.79. The van der Waals surface area contributed by atoms with Crippen LogP contribution in [0.25, 0.3) is 0 Å². The third kappa shape index (κ3) is 2.82. The van der Waals surface area contributed by atoms with E-state index in [-0.39, 0.29) is 5.91 Å². The molecule has 1 N–H and O–H groups in total. The third-order valence-corrected chi connectivity index (χ3v) is 2.89. The van der Waals surface area contributed by atoms with Crippen LogP contribution < -0.4 is 5.32 Å². The Morgan fingerprint density at radius 3 is 2.93 bits per heavy atom. The van der Waals surface area contributed by atoms with Crippen molar-refractivity contribution in [3.8, 4) is 0 Å². The van der Waals surface area contributed by atoms with Crippen molar-refractivity contribution >= 4 is 17.2 Å². The maximum atomic E-state index is 11.9. The summed E-state index contributed by atoms with van der Waals surface area (Å²) in [6.07, 6.45) is 0. The summed E-state index contributed by atoms with van der Waals surface area (Å²) in [5, 5.41) is 4.97. The number of nitrogens with zero attached hydrogens (tertiary/aromatic N) is 1. The fraction of sp³-hybridized carbons (Fsp3) is 0.500. The average Bonchev–Trinajstić information content (AvgIpc) is 2.71. The molecule has 4 heteroatoms. The molecule has 0 aliphatic rings. The monoisotopic (exact) mass is 212 g/mol. The lowest BCUT2D eigenvalue weighted by Crippen LogP contribution is -2.35. The number of hydrogen-bond acceptors (Lipinski definition) is 3. The molecule has 0 aromatic carbocycles. The molecule has 1 amide bonds. The first-order valence-corrected chi connectivity index (χ1v) is 5.65. The second kappa shape index (κ2) is 5.78. The molecule has 0 spiro atoms. The lowest BCUT2D eigenvalue weighted by Gasteiger charge is -2.19. The average molecular weight is 212 g/mol. The highest BCUT2D eigenvalue weighted by Gasteiger charge is 2.13. The number of likely N-dealkylation sites (N-methyl/N-ethyl adjacent to an activating group) is 2. The van der Waals surface area contributed by atoms with Crippen molar-refractivity contribution < 1.29 is 4.79 Å². The molecular weight excluding hydrogens is 196 g/mol. The Bertz CT molecular complexity index is 272. The van der Waals surface area contributed by atoms with Crippen molar-refractivity contribution in [2.24, 2.45) is 0 Å². The van der Waals surface area contributed by atoms with E-state index in [0.29, 0.717) is 0 Å². The molecule has 3 nitrogen and oxygen atoms in total. The summed E-state index contributed by atoms with van der Waals surface area (Å²) in [5.41, 5.74) is 0. The quantitative estimate of drug-likeness (QED) is 0.801. The molecule has 0 unspecified atom stereocenters. The van der Waals surface area contributed by atoms with Crippen molar-refractivity contribution in [1.29, 1.82) is 0 Å². The number of rotatable bonds is 5. The minimum absolute atomic E-state index is 0.137. The van der Waals surface area contributed by atoms with Crippen molar-refractivity contribution in [3.05, 3.63) is 22.4 Å². The van der Waals surface area contributed by atoms with Crippen molar-refractivity contribution in [3.63, 3.8) is 0 Å². The summed E-state index contributed by atoms with van der Waals surface area (Å²) < 4.78 is 0. The summed E-state index contributed by atoms with van der Waals surface area (Å²) in [4.78, 5) is 14.5. The molecule has 1 aromatic rings. The molecule has 0 saturated carbocycles. The fourth-order valence-corrected chi connectivity index (χ4v) is 1.90. The first kappa shape index (κ1) is 11.2. The van der Waals surface area contributed by atoms with Crippen LogP contribution in [0.2, 0.25) is 0 Å². The van der Waals surface area contributed by atoms with Gasteiger partial charge < -0.3 is 10.2 Å². The minimum Gasteiger partial charge on any atom is -0.337 e. The highest BCUT2D eigenvalue weighted by molar-refractivity contribution is 7.12. The highest BCUT2D eigenvalue weighted by Crippen LogP contribution is 2.11. The van der Waals surface area contributed by atoms with Crippen LogP contribution in [0.1, 0.15) is 16.6 Å². The van der Waals surface area contributed by atoms with Crippen molar-refractivity contribution in [2.45, 2.75) is 6.92 Å².